The highest BCUT2D eigenvalue weighted by Gasteiger charge is 2.19. The lowest BCUT2D eigenvalue weighted by Gasteiger charge is -1.93. The largest absolute Gasteiger partial charge is 0.465 e. The molecule has 0 unspecified atom stereocenters. The van der Waals surface area contributed by atoms with Crippen molar-refractivity contribution in [2.45, 2.75) is 0 Å². The van der Waals surface area contributed by atoms with E-state index in [1.54, 1.807) is 0 Å². The Balaban J connectivity index is 3.27. The fourth-order valence-corrected chi connectivity index (χ4v) is 2.88. The number of carbonyl (C=O) groups is 1. The predicted molar refractivity (Wildman–Crippen MR) is 55.8 cm³/mol. The lowest BCUT2D eigenvalue weighted by atomic mass is 10.4. The minimum Gasteiger partial charge on any atom is -0.465 e. The molecule has 1 aromatic rings. The van der Waals surface area contributed by atoms with Gasteiger partial charge in [0.2, 0.25) is 0 Å². The summed E-state index contributed by atoms with van der Waals surface area (Å²) in [4.78, 5) is 12.0. The van der Waals surface area contributed by atoms with Crippen LogP contribution in [-0.2, 0) is 4.74 Å². The van der Waals surface area contributed by atoms with Gasteiger partial charge in [-0.05, 0) is 31.9 Å². The van der Waals surface area contributed by atoms with Crippen LogP contribution in [0.2, 0.25) is 0 Å². The average Bonchev–Trinajstić information content (AvgIpc) is 2.43. The fourth-order valence-electron chi connectivity index (χ4n) is 0.687. The fraction of sp³-hybridized carbons (Fsp3) is 0.143. The van der Waals surface area contributed by atoms with Gasteiger partial charge in [-0.3, -0.25) is 0 Å². The molecule has 0 spiro atoms. The molecule has 0 saturated heterocycles. The number of rotatable bonds is 1. The Morgan fingerprint density at radius 1 is 1.54 bits per heavy atom. The van der Waals surface area contributed by atoms with Crippen LogP contribution < -0.4 is 0 Å². The maximum Gasteiger partial charge on any atom is 0.349 e. The van der Waals surface area contributed by atoms with Gasteiger partial charge in [0, 0.05) is 0 Å². The van der Waals surface area contributed by atoms with E-state index < -0.39 is 5.97 Å². The second-order valence-corrected chi connectivity index (χ2v) is 4.60. The summed E-state index contributed by atoms with van der Waals surface area (Å²) >= 11 is 7.48. The molecule has 0 atom stereocenters. The third kappa shape index (κ3) is 1.93. The quantitative estimate of drug-likeness (QED) is 0.746. The van der Waals surface area contributed by atoms with Gasteiger partial charge in [0.25, 0.3) is 0 Å². The first-order valence-electron chi connectivity index (χ1n) is 3.08. The standard InChI is InChI=1S/C7H3Br2NO2S/c1-12-7(11)6-5(9)4(8)3(2-10)13-6/h1H3. The predicted octanol–water partition coefficient (Wildman–Crippen LogP) is 2.93. The molecular weight excluding hydrogens is 322 g/mol. The van der Waals surface area contributed by atoms with E-state index in [0.29, 0.717) is 18.7 Å². The van der Waals surface area contributed by atoms with Crippen LogP contribution in [0.3, 0.4) is 0 Å². The summed E-state index contributed by atoms with van der Waals surface area (Å²) in [5, 5.41) is 8.67. The highest BCUT2D eigenvalue weighted by atomic mass is 79.9. The molecule has 0 aromatic carbocycles. The molecule has 0 aliphatic heterocycles. The first-order chi connectivity index (χ1) is 6.11. The van der Waals surface area contributed by atoms with Crippen molar-refractivity contribution in [2.75, 3.05) is 7.11 Å². The Bertz CT molecular complexity index is 394. The third-order valence-corrected chi connectivity index (χ3v) is 4.99. The van der Waals surface area contributed by atoms with Crippen LogP contribution in [0.5, 0.6) is 0 Å². The SMILES string of the molecule is COC(=O)c1sc(C#N)c(Br)c1Br. The molecule has 6 heteroatoms. The molecular formula is C7H3Br2NO2S. The Hall–Kier alpha value is -0.380. The monoisotopic (exact) mass is 323 g/mol. The van der Waals surface area contributed by atoms with Crippen LogP contribution in [-0.4, -0.2) is 13.1 Å². The molecule has 0 saturated carbocycles. The summed E-state index contributed by atoms with van der Waals surface area (Å²) in [7, 11) is 1.30. The maximum atomic E-state index is 11.1. The van der Waals surface area contributed by atoms with E-state index in [0.717, 1.165) is 11.3 Å². The van der Waals surface area contributed by atoms with Crippen molar-refractivity contribution >= 4 is 49.2 Å². The van der Waals surface area contributed by atoms with Crippen molar-refractivity contribution in [3.8, 4) is 6.07 Å². The van der Waals surface area contributed by atoms with E-state index in [1.165, 1.54) is 7.11 Å². The number of thiophene rings is 1. The molecule has 0 amide bonds. The first kappa shape index (κ1) is 10.7. The zero-order chi connectivity index (χ0) is 10.0. The van der Waals surface area contributed by atoms with Crippen LogP contribution in [0.25, 0.3) is 0 Å². The lowest BCUT2D eigenvalue weighted by molar-refractivity contribution is 0.0605. The zero-order valence-corrected chi connectivity index (χ0v) is 10.4. The third-order valence-electron chi connectivity index (χ3n) is 1.27. The number of carbonyl (C=O) groups excluding carboxylic acids is 1. The van der Waals surface area contributed by atoms with Gasteiger partial charge < -0.3 is 4.74 Å². The molecule has 3 nitrogen and oxygen atoms in total. The van der Waals surface area contributed by atoms with E-state index in [4.69, 9.17) is 5.26 Å². The molecule has 0 aliphatic carbocycles. The van der Waals surface area contributed by atoms with Crippen LogP contribution >= 0.6 is 43.2 Å². The van der Waals surface area contributed by atoms with Gasteiger partial charge in [-0.25, -0.2) is 4.79 Å². The second kappa shape index (κ2) is 4.22. The zero-order valence-electron chi connectivity index (χ0n) is 6.43. The van der Waals surface area contributed by atoms with Gasteiger partial charge in [0.15, 0.2) is 0 Å². The van der Waals surface area contributed by atoms with Gasteiger partial charge in [0.05, 0.1) is 16.1 Å². The molecule has 1 aromatic heterocycles. The number of hydrogen-bond acceptors (Lipinski definition) is 4. The summed E-state index contributed by atoms with van der Waals surface area (Å²) in [5.74, 6) is -0.445. The first-order valence-corrected chi connectivity index (χ1v) is 5.48. The number of methoxy groups -OCH3 is 1. The lowest BCUT2D eigenvalue weighted by Crippen LogP contribution is -1.98. The van der Waals surface area contributed by atoms with Crippen molar-refractivity contribution in [2.24, 2.45) is 0 Å². The van der Waals surface area contributed by atoms with Crippen molar-refractivity contribution in [1.29, 1.82) is 5.26 Å². The summed E-state index contributed by atoms with van der Waals surface area (Å²) in [5.41, 5.74) is 0. The van der Waals surface area contributed by atoms with Crippen LogP contribution in [0.1, 0.15) is 14.5 Å². The molecule has 68 valence electrons. The highest BCUT2D eigenvalue weighted by molar-refractivity contribution is 9.13. The summed E-state index contributed by atoms with van der Waals surface area (Å²) in [6.07, 6.45) is 0. The molecule has 0 N–H and O–H groups in total. The summed E-state index contributed by atoms with van der Waals surface area (Å²) in [6, 6.07) is 1.97. The Morgan fingerprint density at radius 3 is 2.54 bits per heavy atom. The topological polar surface area (TPSA) is 50.1 Å². The molecule has 0 aliphatic rings. The number of halogens is 2. The van der Waals surface area contributed by atoms with E-state index in [2.05, 4.69) is 36.6 Å². The van der Waals surface area contributed by atoms with Crippen molar-refractivity contribution < 1.29 is 9.53 Å². The molecule has 0 radical (unpaired) electrons. The van der Waals surface area contributed by atoms with E-state index >= 15 is 0 Å². The minimum atomic E-state index is -0.445. The van der Waals surface area contributed by atoms with E-state index in [-0.39, 0.29) is 0 Å². The Kier molecular flexibility index (Phi) is 3.47. The summed E-state index contributed by atoms with van der Waals surface area (Å²) in [6.45, 7) is 0. The van der Waals surface area contributed by atoms with E-state index in [9.17, 15) is 4.79 Å². The van der Waals surface area contributed by atoms with Gasteiger partial charge >= 0.3 is 5.97 Å². The van der Waals surface area contributed by atoms with Crippen molar-refractivity contribution in [1.82, 2.24) is 0 Å². The second-order valence-electron chi connectivity index (χ2n) is 1.99. The average molecular weight is 325 g/mol. The number of nitriles is 1. The van der Waals surface area contributed by atoms with Gasteiger partial charge in [-0.1, -0.05) is 0 Å². The molecule has 1 heterocycles. The van der Waals surface area contributed by atoms with Crippen molar-refractivity contribution in [3.05, 3.63) is 18.7 Å². The maximum absolute atomic E-state index is 11.1. The van der Waals surface area contributed by atoms with Crippen molar-refractivity contribution in [3.63, 3.8) is 0 Å². The number of nitrogens with zero attached hydrogens (tertiary/aromatic N) is 1. The smallest absolute Gasteiger partial charge is 0.349 e. The molecule has 0 fully saturated rings. The minimum absolute atomic E-state index is 0.394. The van der Waals surface area contributed by atoms with Gasteiger partial charge in [-0.15, -0.1) is 11.3 Å². The molecule has 1 rings (SSSR count). The van der Waals surface area contributed by atoms with Gasteiger partial charge in [0.1, 0.15) is 15.8 Å². The normalized spacial score (nSPS) is 9.38. The van der Waals surface area contributed by atoms with Crippen LogP contribution in [0.4, 0.5) is 0 Å². The van der Waals surface area contributed by atoms with Crippen LogP contribution in [0, 0.1) is 11.3 Å². The molecule has 0 bridgehead atoms. The number of hydrogen-bond donors (Lipinski definition) is 0. The molecule has 13 heavy (non-hydrogen) atoms. The Labute approximate surface area is 95.6 Å². The number of ether oxygens (including phenoxy) is 1. The van der Waals surface area contributed by atoms with Crippen LogP contribution in [0.15, 0.2) is 8.95 Å². The van der Waals surface area contributed by atoms with E-state index in [1.807, 2.05) is 6.07 Å². The van der Waals surface area contributed by atoms with Gasteiger partial charge in [-0.2, -0.15) is 5.26 Å². The highest BCUT2D eigenvalue weighted by Crippen LogP contribution is 2.37. The Morgan fingerprint density at radius 2 is 2.15 bits per heavy atom. The number of esters is 1. The summed E-state index contributed by atoms with van der Waals surface area (Å²) < 4.78 is 5.71.